The average molecular weight is 242 g/mol. The second-order valence-corrected chi connectivity index (χ2v) is 4.31. The molecule has 0 radical (unpaired) electrons. The van der Waals surface area contributed by atoms with Crippen molar-refractivity contribution < 1.29 is 0 Å². The molecule has 0 aliphatic heterocycles. The first-order valence-electron chi connectivity index (χ1n) is 6.74. The van der Waals surface area contributed by atoms with Crippen LogP contribution in [-0.2, 0) is 0 Å². The highest BCUT2D eigenvalue weighted by atomic mass is 13.8. The van der Waals surface area contributed by atoms with Gasteiger partial charge in [-0.15, -0.1) is 0 Å². The van der Waals surface area contributed by atoms with E-state index in [0.717, 1.165) is 0 Å². The Balaban J connectivity index is 0.000000253. The van der Waals surface area contributed by atoms with E-state index in [1.54, 1.807) is 0 Å². The minimum Gasteiger partial charge on any atom is -0.0654 e. The van der Waals surface area contributed by atoms with Gasteiger partial charge in [0.1, 0.15) is 0 Å². The SMILES string of the molecule is CCCC.Cc1ccccc1.Cc1ccccc1. The van der Waals surface area contributed by atoms with Crippen molar-refractivity contribution in [2.45, 2.75) is 40.5 Å². The summed E-state index contributed by atoms with van der Waals surface area (Å²) in [5.74, 6) is 0. The Bertz CT molecular complexity index is 322. The van der Waals surface area contributed by atoms with E-state index >= 15 is 0 Å². The molecule has 0 bridgehead atoms. The molecule has 0 saturated heterocycles. The molecule has 18 heavy (non-hydrogen) atoms. The fraction of sp³-hybridized carbons (Fsp3) is 0.333. The van der Waals surface area contributed by atoms with Gasteiger partial charge < -0.3 is 0 Å². The zero-order valence-corrected chi connectivity index (χ0v) is 12.2. The molecule has 2 aromatic carbocycles. The molecule has 0 atom stereocenters. The lowest BCUT2D eigenvalue weighted by Gasteiger charge is -1.82. The van der Waals surface area contributed by atoms with Crippen LogP contribution < -0.4 is 0 Å². The maximum absolute atomic E-state index is 2.18. The van der Waals surface area contributed by atoms with Crippen LogP contribution >= 0.6 is 0 Å². The molecule has 0 spiro atoms. The normalized spacial score (nSPS) is 8.44. The van der Waals surface area contributed by atoms with Gasteiger partial charge in [0.25, 0.3) is 0 Å². The van der Waals surface area contributed by atoms with Crippen molar-refractivity contribution in [2.24, 2.45) is 0 Å². The van der Waals surface area contributed by atoms with Crippen LogP contribution in [0.5, 0.6) is 0 Å². The van der Waals surface area contributed by atoms with E-state index in [1.807, 2.05) is 36.4 Å². The van der Waals surface area contributed by atoms with Crippen LogP contribution in [0, 0.1) is 13.8 Å². The molecule has 0 saturated carbocycles. The summed E-state index contributed by atoms with van der Waals surface area (Å²) in [6, 6.07) is 20.5. The van der Waals surface area contributed by atoms with Gasteiger partial charge in [-0.25, -0.2) is 0 Å². The van der Waals surface area contributed by atoms with Gasteiger partial charge >= 0.3 is 0 Å². The lowest BCUT2D eigenvalue weighted by Crippen LogP contribution is -1.62. The zero-order valence-electron chi connectivity index (χ0n) is 12.2. The van der Waals surface area contributed by atoms with Crippen LogP contribution in [0.3, 0.4) is 0 Å². The third-order valence-electron chi connectivity index (χ3n) is 2.38. The van der Waals surface area contributed by atoms with Crippen LogP contribution in [0.4, 0.5) is 0 Å². The highest BCUT2D eigenvalue weighted by Gasteiger charge is 1.72. The lowest BCUT2D eigenvalue weighted by atomic mass is 10.2. The summed E-state index contributed by atoms with van der Waals surface area (Å²) in [6.07, 6.45) is 2.64. The summed E-state index contributed by atoms with van der Waals surface area (Å²) in [6.45, 7) is 8.53. The predicted molar refractivity (Wildman–Crippen MR) is 82.9 cm³/mol. The van der Waals surface area contributed by atoms with Crippen molar-refractivity contribution in [2.75, 3.05) is 0 Å². The smallest absolute Gasteiger partial charge is 0.0398 e. The van der Waals surface area contributed by atoms with Crippen molar-refractivity contribution in [1.82, 2.24) is 0 Å². The number of rotatable bonds is 1. The third kappa shape index (κ3) is 10.9. The predicted octanol–water partition coefficient (Wildman–Crippen LogP) is 5.80. The van der Waals surface area contributed by atoms with Crippen molar-refractivity contribution in [3.8, 4) is 0 Å². The van der Waals surface area contributed by atoms with Crippen molar-refractivity contribution >= 4 is 0 Å². The maximum Gasteiger partial charge on any atom is -0.0398 e. The maximum atomic E-state index is 2.18. The molecule has 2 rings (SSSR count). The fourth-order valence-electron chi connectivity index (χ4n) is 1.07. The first-order chi connectivity index (χ1) is 8.70. The number of hydrogen-bond donors (Lipinski definition) is 0. The van der Waals surface area contributed by atoms with Crippen molar-refractivity contribution in [1.29, 1.82) is 0 Å². The van der Waals surface area contributed by atoms with Crippen LogP contribution in [0.25, 0.3) is 0 Å². The van der Waals surface area contributed by atoms with Gasteiger partial charge in [0, 0.05) is 0 Å². The highest BCUT2D eigenvalue weighted by molar-refractivity contribution is 5.12. The first kappa shape index (κ1) is 16.4. The van der Waals surface area contributed by atoms with E-state index in [0.29, 0.717) is 0 Å². The summed E-state index contributed by atoms with van der Waals surface area (Å²) >= 11 is 0. The van der Waals surface area contributed by atoms with Gasteiger partial charge in [0.2, 0.25) is 0 Å². The number of aryl methyl sites for hydroxylation is 2. The Kier molecular flexibility index (Phi) is 10.9. The zero-order chi connectivity index (χ0) is 13.6. The minimum atomic E-state index is 1.32. The van der Waals surface area contributed by atoms with Gasteiger partial charge in [-0.3, -0.25) is 0 Å². The van der Waals surface area contributed by atoms with Crippen LogP contribution in [0.2, 0.25) is 0 Å². The van der Waals surface area contributed by atoms with Crippen molar-refractivity contribution in [3.63, 3.8) is 0 Å². The highest BCUT2D eigenvalue weighted by Crippen LogP contribution is 1.92. The number of benzene rings is 2. The van der Waals surface area contributed by atoms with E-state index in [9.17, 15) is 0 Å². The Hall–Kier alpha value is -1.56. The second kappa shape index (κ2) is 11.9. The second-order valence-electron chi connectivity index (χ2n) is 4.31. The van der Waals surface area contributed by atoms with Crippen molar-refractivity contribution in [3.05, 3.63) is 71.8 Å². The Morgan fingerprint density at radius 2 is 0.833 bits per heavy atom. The molecule has 0 amide bonds. The van der Waals surface area contributed by atoms with Gasteiger partial charge in [0.05, 0.1) is 0 Å². The molecule has 98 valence electrons. The Morgan fingerprint density at radius 1 is 0.556 bits per heavy atom. The quantitative estimate of drug-likeness (QED) is 0.593. The molecule has 0 aliphatic rings. The van der Waals surface area contributed by atoms with Crippen LogP contribution in [0.15, 0.2) is 60.7 Å². The molecule has 2 aromatic rings. The summed E-state index contributed by atoms with van der Waals surface area (Å²) in [5.41, 5.74) is 2.64. The van der Waals surface area contributed by atoms with E-state index in [-0.39, 0.29) is 0 Å². The topological polar surface area (TPSA) is 0 Å². The van der Waals surface area contributed by atoms with Gasteiger partial charge in [-0.05, 0) is 13.8 Å². The summed E-state index contributed by atoms with van der Waals surface area (Å²) in [4.78, 5) is 0. The number of unbranched alkanes of at least 4 members (excludes halogenated alkanes) is 1. The standard InChI is InChI=1S/2C7H8.C4H10/c2*1-7-5-3-2-4-6-7;1-3-4-2/h2*2-6H,1H3;3-4H2,1-2H3. The molecule has 0 nitrogen and oxygen atoms in total. The van der Waals surface area contributed by atoms with E-state index < -0.39 is 0 Å². The summed E-state index contributed by atoms with van der Waals surface area (Å²) < 4.78 is 0. The Labute approximate surface area is 113 Å². The summed E-state index contributed by atoms with van der Waals surface area (Å²) in [5, 5.41) is 0. The molecule has 0 aliphatic carbocycles. The van der Waals surface area contributed by atoms with Gasteiger partial charge in [-0.2, -0.15) is 0 Å². The molecule has 0 aromatic heterocycles. The van der Waals surface area contributed by atoms with E-state index in [1.165, 1.54) is 24.0 Å². The van der Waals surface area contributed by atoms with Gasteiger partial charge in [0.15, 0.2) is 0 Å². The molecule has 0 heterocycles. The molecule has 0 N–H and O–H groups in total. The van der Waals surface area contributed by atoms with Crippen LogP contribution in [-0.4, -0.2) is 0 Å². The number of hydrogen-bond acceptors (Lipinski definition) is 0. The Morgan fingerprint density at radius 3 is 0.944 bits per heavy atom. The molecule has 0 fully saturated rings. The fourth-order valence-corrected chi connectivity index (χ4v) is 1.07. The van der Waals surface area contributed by atoms with E-state index in [4.69, 9.17) is 0 Å². The monoisotopic (exact) mass is 242 g/mol. The lowest BCUT2D eigenvalue weighted by molar-refractivity contribution is 0.886. The first-order valence-corrected chi connectivity index (χ1v) is 6.74. The largest absolute Gasteiger partial charge is 0.0654 e. The minimum absolute atomic E-state index is 1.32. The molecule has 0 unspecified atom stereocenters. The molecular formula is C18H26. The summed E-state index contributed by atoms with van der Waals surface area (Å²) in [7, 11) is 0. The van der Waals surface area contributed by atoms with Crippen LogP contribution in [0.1, 0.15) is 37.8 Å². The third-order valence-corrected chi connectivity index (χ3v) is 2.38. The van der Waals surface area contributed by atoms with E-state index in [2.05, 4.69) is 52.0 Å². The van der Waals surface area contributed by atoms with Gasteiger partial charge in [-0.1, -0.05) is 98.5 Å². The average Bonchev–Trinajstić information content (AvgIpc) is 2.41. The molecular weight excluding hydrogens is 216 g/mol. The molecule has 0 heteroatoms.